The van der Waals surface area contributed by atoms with Crippen LogP contribution in [0, 0.1) is 15.5 Å². The third kappa shape index (κ3) is 2.56. The van der Waals surface area contributed by atoms with Crippen molar-refractivity contribution < 1.29 is 23.2 Å². The summed E-state index contributed by atoms with van der Waals surface area (Å²) in [6.45, 7) is 3.66. The van der Waals surface area contributed by atoms with Gasteiger partial charge >= 0.3 is 6.18 Å². The molecule has 0 aliphatic carbocycles. The number of halogens is 3. The second-order valence-electron chi connectivity index (χ2n) is 5.27. The molecule has 0 aromatic heterocycles. The minimum atomic E-state index is -4.94. The zero-order valence-electron chi connectivity index (χ0n) is 10.7. The molecule has 106 valence electrons. The number of hydrogen-bond donors (Lipinski definition) is 1. The quantitative estimate of drug-likeness (QED) is 0.665. The van der Waals surface area contributed by atoms with Crippen LogP contribution in [-0.2, 0) is 5.60 Å². The molecule has 0 heterocycles. The molecule has 0 aliphatic heterocycles. The lowest BCUT2D eigenvalue weighted by molar-refractivity contribution is -0.385. The molecular formula is C12H14F3NO3. The van der Waals surface area contributed by atoms with Crippen LogP contribution in [-0.4, -0.2) is 16.2 Å². The molecule has 1 N–H and O–H groups in total. The van der Waals surface area contributed by atoms with E-state index >= 15 is 0 Å². The van der Waals surface area contributed by atoms with Crippen molar-refractivity contribution in [2.24, 2.45) is 5.41 Å². The molecule has 1 unspecified atom stereocenters. The second kappa shape index (κ2) is 4.48. The van der Waals surface area contributed by atoms with Gasteiger partial charge in [-0.05, 0) is 5.56 Å². The lowest BCUT2D eigenvalue weighted by atomic mass is 9.71. The van der Waals surface area contributed by atoms with Crippen LogP contribution in [0.25, 0.3) is 0 Å². The average Bonchev–Trinajstić information content (AvgIpc) is 2.25. The van der Waals surface area contributed by atoms with Crippen molar-refractivity contribution in [1.82, 2.24) is 0 Å². The van der Waals surface area contributed by atoms with Crippen molar-refractivity contribution in [3.8, 4) is 0 Å². The number of nitrogens with zero attached hydrogens (tertiary/aromatic N) is 1. The Hall–Kier alpha value is -1.63. The molecule has 0 aliphatic rings. The highest BCUT2D eigenvalue weighted by Gasteiger charge is 2.61. The van der Waals surface area contributed by atoms with Crippen LogP contribution >= 0.6 is 0 Å². The number of non-ortho nitro benzene ring substituents is 1. The van der Waals surface area contributed by atoms with Crippen LogP contribution < -0.4 is 0 Å². The SMILES string of the molecule is CC(C)(C)C(O)(c1cccc([N+](=O)[O-])c1)C(F)(F)F. The molecule has 0 spiro atoms. The first-order chi connectivity index (χ1) is 8.41. The zero-order valence-corrected chi connectivity index (χ0v) is 10.7. The fourth-order valence-corrected chi connectivity index (χ4v) is 1.87. The van der Waals surface area contributed by atoms with Gasteiger partial charge in [-0.25, -0.2) is 0 Å². The number of rotatable bonds is 2. The van der Waals surface area contributed by atoms with Gasteiger partial charge in [-0.3, -0.25) is 10.1 Å². The molecule has 0 fully saturated rings. The smallest absolute Gasteiger partial charge is 0.376 e. The molecule has 0 saturated heterocycles. The van der Waals surface area contributed by atoms with Crippen molar-refractivity contribution in [3.63, 3.8) is 0 Å². The Morgan fingerprint density at radius 1 is 1.21 bits per heavy atom. The van der Waals surface area contributed by atoms with E-state index in [1.54, 1.807) is 0 Å². The number of hydrogen-bond acceptors (Lipinski definition) is 3. The molecule has 0 radical (unpaired) electrons. The summed E-state index contributed by atoms with van der Waals surface area (Å²) in [7, 11) is 0. The van der Waals surface area contributed by atoms with Crippen molar-refractivity contribution in [1.29, 1.82) is 0 Å². The molecule has 1 aromatic carbocycles. The normalized spacial score (nSPS) is 15.9. The first-order valence-corrected chi connectivity index (χ1v) is 5.45. The topological polar surface area (TPSA) is 63.4 Å². The largest absolute Gasteiger partial charge is 0.421 e. The summed E-state index contributed by atoms with van der Waals surface area (Å²) in [5.41, 5.74) is -5.77. The van der Waals surface area contributed by atoms with Crippen molar-refractivity contribution in [2.75, 3.05) is 0 Å². The average molecular weight is 277 g/mol. The summed E-state index contributed by atoms with van der Waals surface area (Å²) in [4.78, 5) is 9.82. The molecule has 0 saturated carbocycles. The molecule has 4 nitrogen and oxygen atoms in total. The van der Waals surface area contributed by atoms with Gasteiger partial charge in [0.05, 0.1) is 4.92 Å². The van der Waals surface area contributed by atoms with E-state index in [2.05, 4.69) is 0 Å². The Bertz CT molecular complexity index is 478. The van der Waals surface area contributed by atoms with E-state index in [-0.39, 0.29) is 0 Å². The van der Waals surface area contributed by atoms with Crippen LogP contribution in [0.1, 0.15) is 26.3 Å². The molecular weight excluding hydrogens is 263 g/mol. The minimum Gasteiger partial charge on any atom is -0.376 e. The summed E-state index contributed by atoms with van der Waals surface area (Å²) < 4.78 is 39.6. The highest BCUT2D eigenvalue weighted by molar-refractivity contribution is 5.38. The van der Waals surface area contributed by atoms with Gasteiger partial charge in [-0.1, -0.05) is 32.9 Å². The Morgan fingerprint density at radius 2 is 1.74 bits per heavy atom. The number of benzene rings is 1. The van der Waals surface area contributed by atoms with Gasteiger partial charge in [-0.15, -0.1) is 0 Å². The molecule has 0 amide bonds. The van der Waals surface area contributed by atoms with Crippen molar-refractivity contribution in [3.05, 3.63) is 39.9 Å². The summed E-state index contributed by atoms with van der Waals surface area (Å²) >= 11 is 0. The van der Waals surface area contributed by atoms with Gasteiger partial charge < -0.3 is 5.11 Å². The molecule has 7 heteroatoms. The zero-order chi connectivity index (χ0) is 15.1. The van der Waals surface area contributed by atoms with E-state index in [0.29, 0.717) is 0 Å². The van der Waals surface area contributed by atoms with E-state index < -0.39 is 33.4 Å². The minimum absolute atomic E-state index is 0.496. The van der Waals surface area contributed by atoms with E-state index in [4.69, 9.17) is 0 Å². The van der Waals surface area contributed by atoms with Gasteiger partial charge in [0.2, 0.25) is 0 Å². The maximum absolute atomic E-state index is 13.2. The van der Waals surface area contributed by atoms with Crippen LogP contribution in [0.5, 0.6) is 0 Å². The Morgan fingerprint density at radius 3 is 2.11 bits per heavy atom. The predicted molar refractivity (Wildman–Crippen MR) is 62.5 cm³/mol. The Labute approximate surface area is 108 Å². The fraction of sp³-hybridized carbons (Fsp3) is 0.500. The number of alkyl halides is 3. The predicted octanol–water partition coefficient (Wildman–Crippen LogP) is 3.39. The second-order valence-corrected chi connectivity index (χ2v) is 5.27. The van der Waals surface area contributed by atoms with E-state index in [0.717, 1.165) is 24.3 Å². The van der Waals surface area contributed by atoms with Crippen LogP contribution in [0.4, 0.5) is 18.9 Å². The lowest BCUT2D eigenvalue weighted by Gasteiger charge is -2.41. The maximum Gasteiger partial charge on any atom is 0.421 e. The van der Waals surface area contributed by atoms with Crippen LogP contribution in [0.3, 0.4) is 0 Å². The highest BCUT2D eigenvalue weighted by atomic mass is 19.4. The highest BCUT2D eigenvalue weighted by Crippen LogP contribution is 2.50. The number of nitro groups is 1. The van der Waals surface area contributed by atoms with Gasteiger partial charge in [-0.2, -0.15) is 13.2 Å². The van der Waals surface area contributed by atoms with Crippen LogP contribution in [0.15, 0.2) is 24.3 Å². The monoisotopic (exact) mass is 277 g/mol. The maximum atomic E-state index is 13.2. The summed E-state index contributed by atoms with van der Waals surface area (Å²) in [5.74, 6) is 0. The summed E-state index contributed by atoms with van der Waals surface area (Å²) in [6, 6.07) is 3.98. The standard InChI is InChI=1S/C12H14F3NO3/c1-10(2,3)11(17,12(13,14)15)8-5-4-6-9(7-8)16(18)19/h4-7,17H,1-3H3. The molecule has 1 atom stereocenters. The van der Waals surface area contributed by atoms with Crippen molar-refractivity contribution >= 4 is 5.69 Å². The molecule has 0 bridgehead atoms. The number of aliphatic hydroxyl groups is 1. The van der Waals surface area contributed by atoms with E-state index in [1.165, 1.54) is 20.8 Å². The van der Waals surface area contributed by atoms with Gasteiger partial charge in [0, 0.05) is 17.5 Å². The third-order valence-electron chi connectivity index (χ3n) is 2.97. The first-order valence-electron chi connectivity index (χ1n) is 5.45. The van der Waals surface area contributed by atoms with Gasteiger partial charge in [0.15, 0.2) is 5.60 Å². The Balaban J connectivity index is 3.52. The van der Waals surface area contributed by atoms with Crippen LogP contribution in [0.2, 0.25) is 0 Å². The number of nitro benzene ring substituents is 1. The first kappa shape index (κ1) is 15.4. The molecule has 1 aromatic rings. The third-order valence-corrected chi connectivity index (χ3v) is 2.97. The van der Waals surface area contributed by atoms with E-state index in [9.17, 15) is 28.4 Å². The summed E-state index contributed by atoms with van der Waals surface area (Å²) in [5, 5.41) is 20.7. The Kier molecular flexibility index (Phi) is 3.64. The van der Waals surface area contributed by atoms with Gasteiger partial charge in [0.1, 0.15) is 0 Å². The molecule has 1 rings (SSSR count). The van der Waals surface area contributed by atoms with Gasteiger partial charge in [0.25, 0.3) is 5.69 Å². The van der Waals surface area contributed by atoms with E-state index in [1.807, 2.05) is 0 Å². The lowest BCUT2D eigenvalue weighted by Crippen LogP contribution is -2.52. The summed E-state index contributed by atoms with van der Waals surface area (Å²) in [6.07, 6.45) is -4.94. The fourth-order valence-electron chi connectivity index (χ4n) is 1.87. The van der Waals surface area contributed by atoms with Crippen molar-refractivity contribution in [2.45, 2.75) is 32.5 Å². The molecule has 19 heavy (non-hydrogen) atoms.